The van der Waals surface area contributed by atoms with Crippen LogP contribution < -0.4 is 11.3 Å². The van der Waals surface area contributed by atoms with Crippen LogP contribution in [-0.4, -0.2) is 26.2 Å². The van der Waals surface area contributed by atoms with E-state index >= 15 is 0 Å². The summed E-state index contributed by atoms with van der Waals surface area (Å²) in [5, 5.41) is 1.71. The zero-order valence-electron chi connectivity index (χ0n) is 11.7. The second-order valence-electron chi connectivity index (χ2n) is 4.87. The number of aromatic nitrogens is 2. The molecule has 19 heavy (non-hydrogen) atoms. The van der Waals surface area contributed by atoms with E-state index in [2.05, 4.69) is 31.2 Å². The smallest absolute Gasteiger partial charge is 0.144 e. The molecule has 1 aromatic heterocycles. The highest BCUT2D eigenvalue weighted by Crippen LogP contribution is 2.43. The van der Waals surface area contributed by atoms with E-state index in [0.29, 0.717) is 15.7 Å². The van der Waals surface area contributed by atoms with Gasteiger partial charge in [0.2, 0.25) is 0 Å². The normalized spacial score (nSPS) is 27.3. The fourth-order valence-electron chi connectivity index (χ4n) is 2.04. The summed E-state index contributed by atoms with van der Waals surface area (Å²) in [6, 6.07) is 1.94. The van der Waals surface area contributed by atoms with Crippen molar-refractivity contribution in [2.24, 2.45) is 5.84 Å². The quantitative estimate of drug-likeness (QED) is 0.658. The van der Waals surface area contributed by atoms with Crippen molar-refractivity contribution in [2.75, 3.05) is 11.2 Å². The van der Waals surface area contributed by atoms with E-state index in [-0.39, 0.29) is 0 Å². The SMILES string of the molecule is CCCc1cc(NN)nc(C2CSC(C)C(C)S2)n1. The lowest BCUT2D eigenvalue weighted by Crippen LogP contribution is -2.23. The van der Waals surface area contributed by atoms with Gasteiger partial charge in [0.15, 0.2) is 0 Å². The van der Waals surface area contributed by atoms with Crippen molar-refractivity contribution in [2.45, 2.75) is 49.4 Å². The Bertz CT molecular complexity index is 427. The lowest BCUT2D eigenvalue weighted by Gasteiger charge is -2.30. The Hall–Kier alpha value is -0.460. The number of thioether (sulfide) groups is 2. The summed E-state index contributed by atoms with van der Waals surface area (Å²) in [6.45, 7) is 6.73. The summed E-state index contributed by atoms with van der Waals surface area (Å²) in [7, 11) is 0. The van der Waals surface area contributed by atoms with Crippen LogP contribution in [0.4, 0.5) is 5.82 Å². The summed E-state index contributed by atoms with van der Waals surface area (Å²) in [5.74, 6) is 8.24. The molecule has 4 nitrogen and oxygen atoms in total. The van der Waals surface area contributed by atoms with Crippen LogP contribution in [0.3, 0.4) is 0 Å². The first-order chi connectivity index (χ1) is 9.13. The Kier molecular flexibility index (Phi) is 5.36. The number of hydrogen-bond acceptors (Lipinski definition) is 6. The fraction of sp³-hybridized carbons (Fsp3) is 0.692. The van der Waals surface area contributed by atoms with Crippen LogP contribution in [0.2, 0.25) is 0 Å². The van der Waals surface area contributed by atoms with Crippen LogP contribution in [-0.2, 0) is 6.42 Å². The van der Waals surface area contributed by atoms with Gasteiger partial charge in [-0.1, -0.05) is 27.2 Å². The van der Waals surface area contributed by atoms with Crippen molar-refractivity contribution in [1.29, 1.82) is 0 Å². The van der Waals surface area contributed by atoms with E-state index in [1.54, 1.807) is 0 Å². The molecule has 106 valence electrons. The van der Waals surface area contributed by atoms with E-state index in [0.717, 1.165) is 35.9 Å². The molecule has 0 bridgehead atoms. The number of nitrogens with two attached hydrogens (primary N) is 1. The summed E-state index contributed by atoms with van der Waals surface area (Å²) in [5.41, 5.74) is 3.74. The Morgan fingerprint density at radius 1 is 1.37 bits per heavy atom. The van der Waals surface area contributed by atoms with Crippen LogP contribution in [0.15, 0.2) is 6.07 Å². The molecule has 1 fully saturated rings. The molecule has 0 aromatic carbocycles. The molecule has 1 aromatic rings. The molecule has 3 unspecified atom stereocenters. The number of nitrogens with one attached hydrogen (secondary N) is 1. The second kappa shape index (κ2) is 6.81. The van der Waals surface area contributed by atoms with Gasteiger partial charge in [-0.05, 0) is 6.42 Å². The first-order valence-electron chi connectivity index (χ1n) is 6.75. The van der Waals surface area contributed by atoms with Crippen molar-refractivity contribution >= 4 is 29.3 Å². The summed E-state index contributed by atoms with van der Waals surface area (Å²) < 4.78 is 0. The summed E-state index contributed by atoms with van der Waals surface area (Å²) >= 11 is 3.99. The van der Waals surface area contributed by atoms with E-state index in [1.807, 2.05) is 29.6 Å². The molecule has 0 aliphatic carbocycles. The van der Waals surface area contributed by atoms with Crippen LogP contribution in [0.25, 0.3) is 0 Å². The third-order valence-electron chi connectivity index (χ3n) is 3.29. The van der Waals surface area contributed by atoms with Gasteiger partial charge in [-0.25, -0.2) is 15.8 Å². The van der Waals surface area contributed by atoms with Gasteiger partial charge in [-0.3, -0.25) is 0 Å². The molecule has 0 amide bonds. The standard InChI is InChI=1S/C13H22N4S2/c1-4-5-10-6-12(17-14)16-13(15-10)11-7-18-8(2)9(3)19-11/h6,8-9,11H,4-5,7,14H2,1-3H3,(H,15,16,17). The van der Waals surface area contributed by atoms with Gasteiger partial charge in [0.1, 0.15) is 11.6 Å². The number of anilines is 1. The second-order valence-corrected chi connectivity index (χ2v) is 7.86. The van der Waals surface area contributed by atoms with Crippen molar-refractivity contribution in [3.8, 4) is 0 Å². The van der Waals surface area contributed by atoms with E-state index < -0.39 is 0 Å². The molecule has 2 heterocycles. The Morgan fingerprint density at radius 2 is 2.16 bits per heavy atom. The van der Waals surface area contributed by atoms with Gasteiger partial charge in [-0.2, -0.15) is 11.8 Å². The number of rotatable bonds is 4. The van der Waals surface area contributed by atoms with E-state index in [9.17, 15) is 0 Å². The van der Waals surface area contributed by atoms with Crippen LogP contribution >= 0.6 is 23.5 Å². The molecule has 0 spiro atoms. The topological polar surface area (TPSA) is 63.8 Å². The highest BCUT2D eigenvalue weighted by atomic mass is 32.2. The lowest BCUT2D eigenvalue weighted by molar-refractivity contribution is 0.816. The third kappa shape index (κ3) is 3.77. The average molecular weight is 298 g/mol. The summed E-state index contributed by atoms with van der Waals surface area (Å²) in [6.07, 6.45) is 2.06. The predicted octanol–water partition coefficient (Wildman–Crippen LogP) is 3.01. The lowest BCUT2D eigenvalue weighted by atomic mass is 10.2. The molecular formula is C13H22N4S2. The molecular weight excluding hydrogens is 276 g/mol. The number of aryl methyl sites for hydroxylation is 1. The maximum absolute atomic E-state index is 5.51. The molecule has 0 radical (unpaired) electrons. The largest absolute Gasteiger partial charge is 0.308 e. The van der Waals surface area contributed by atoms with Gasteiger partial charge in [0.25, 0.3) is 0 Å². The van der Waals surface area contributed by atoms with Gasteiger partial charge < -0.3 is 5.43 Å². The van der Waals surface area contributed by atoms with Crippen molar-refractivity contribution in [3.05, 3.63) is 17.6 Å². The minimum atomic E-state index is 0.375. The first kappa shape index (κ1) is 14.9. The van der Waals surface area contributed by atoms with Crippen molar-refractivity contribution in [3.63, 3.8) is 0 Å². The zero-order valence-corrected chi connectivity index (χ0v) is 13.4. The summed E-state index contributed by atoms with van der Waals surface area (Å²) in [4.78, 5) is 9.25. The van der Waals surface area contributed by atoms with Gasteiger partial charge in [-0.15, -0.1) is 11.8 Å². The van der Waals surface area contributed by atoms with Crippen LogP contribution in [0.5, 0.6) is 0 Å². The molecule has 6 heteroatoms. The fourth-order valence-corrected chi connectivity index (χ4v) is 4.88. The Balaban J connectivity index is 2.20. The number of nitrogens with zero attached hydrogens (tertiary/aromatic N) is 2. The Labute approximate surface area is 123 Å². The molecule has 1 saturated heterocycles. The molecule has 2 rings (SSSR count). The number of hydrazine groups is 1. The number of hydrogen-bond donors (Lipinski definition) is 2. The predicted molar refractivity (Wildman–Crippen MR) is 85.6 cm³/mol. The van der Waals surface area contributed by atoms with Gasteiger partial charge in [0.05, 0.1) is 5.25 Å². The molecule has 1 aliphatic rings. The van der Waals surface area contributed by atoms with Crippen molar-refractivity contribution in [1.82, 2.24) is 9.97 Å². The first-order valence-corrected chi connectivity index (χ1v) is 8.74. The van der Waals surface area contributed by atoms with E-state index in [1.165, 1.54) is 0 Å². The van der Waals surface area contributed by atoms with Crippen LogP contribution in [0.1, 0.15) is 44.0 Å². The minimum Gasteiger partial charge on any atom is -0.308 e. The maximum atomic E-state index is 5.51. The zero-order chi connectivity index (χ0) is 13.8. The van der Waals surface area contributed by atoms with Crippen LogP contribution in [0, 0.1) is 0 Å². The highest BCUT2D eigenvalue weighted by Gasteiger charge is 2.28. The number of nitrogen functional groups attached to an aromatic ring is 1. The molecule has 0 saturated carbocycles. The highest BCUT2D eigenvalue weighted by molar-refractivity contribution is 8.07. The Morgan fingerprint density at radius 3 is 2.79 bits per heavy atom. The molecule has 3 N–H and O–H groups in total. The van der Waals surface area contributed by atoms with Gasteiger partial charge in [0, 0.05) is 28.0 Å². The average Bonchev–Trinajstić information content (AvgIpc) is 2.42. The van der Waals surface area contributed by atoms with E-state index in [4.69, 9.17) is 10.8 Å². The third-order valence-corrected chi connectivity index (χ3v) is 6.68. The maximum Gasteiger partial charge on any atom is 0.144 e. The van der Waals surface area contributed by atoms with Gasteiger partial charge >= 0.3 is 0 Å². The van der Waals surface area contributed by atoms with Crippen molar-refractivity contribution < 1.29 is 0 Å². The molecule has 1 aliphatic heterocycles. The minimum absolute atomic E-state index is 0.375. The monoisotopic (exact) mass is 298 g/mol. The molecule has 3 atom stereocenters.